The van der Waals surface area contributed by atoms with Crippen LogP contribution in [0.2, 0.25) is 10.0 Å². The molecule has 0 unspecified atom stereocenters. The summed E-state index contributed by atoms with van der Waals surface area (Å²) in [5, 5.41) is 23.4. The van der Waals surface area contributed by atoms with Crippen LogP contribution >= 0.6 is 23.2 Å². The molecule has 4 nitrogen and oxygen atoms in total. The Balaban J connectivity index is 2.06. The van der Waals surface area contributed by atoms with E-state index in [0.717, 1.165) is 0 Å². The van der Waals surface area contributed by atoms with Crippen molar-refractivity contribution in [1.82, 2.24) is 0 Å². The molecule has 0 amide bonds. The molecule has 0 heterocycles. The summed E-state index contributed by atoms with van der Waals surface area (Å²) in [6.07, 6.45) is 1.50. The summed E-state index contributed by atoms with van der Waals surface area (Å²) in [5.41, 5.74) is 4.11. The second-order valence-corrected chi connectivity index (χ2v) is 4.56. The second kappa shape index (κ2) is 5.82. The molecule has 19 heavy (non-hydrogen) atoms. The molecule has 6 heteroatoms. The molecule has 0 aliphatic heterocycles. The number of benzene rings is 2. The third-order valence-electron chi connectivity index (χ3n) is 2.33. The number of nitrogens with zero attached hydrogens (tertiary/aromatic N) is 1. The average Bonchev–Trinajstić information content (AvgIpc) is 2.38. The quantitative estimate of drug-likeness (QED) is 0.458. The van der Waals surface area contributed by atoms with Crippen LogP contribution in [0, 0.1) is 0 Å². The smallest absolute Gasteiger partial charge is 0.158 e. The first-order valence-electron chi connectivity index (χ1n) is 5.32. The van der Waals surface area contributed by atoms with Gasteiger partial charge in [-0.25, -0.2) is 0 Å². The van der Waals surface area contributed by atoms with E-state index in [2.05, 4.69) is 10.5 Å². The molecular weight excluding hydrogens is 287 g/mol. The topological polar surface area (TPSA) is 64.9 Å². The van der Waals surface area contributed by atoms with E-state index >= 15 is 0 Å². The van der Waals surface area contributed by atoms with E-state index in [1.165, 1.54) is 18.3 Å². The number of nitrogens with one attached hydrogen (secondary N) is 1. The third-order valence-corrected chi connectivity index (χ3v) is 3.07. The van der Waals surface area contributed by atoms with Crippen molar-refractivity contribution < 1.29 is 10.2 Å². The Morgan fingerprint density at radius 1 is 0.947 bits per heavy atom. The van der Waals surface area contributed by atoms with Gasteiger partial charge in [0.05, 0.1) is 21.9 Å². The van der Waals surface area contributed by atoms with Gasteiger partial charge in [0.25, 0.3) is 0 Å². The van der Waals surface area contributed by atoms with Crippen LogP contribution in [0.15, 0.2) is 41.5 Å². The highest BCUT2D eigenvalue weighted by molar-refractivity contribution is 6.42. The van der Waals surface area contributed by atoms with Gasteiger partial charge in [-0.05, 0) is 42.0 Å². The lowest BCUT2D eigenvalue weighted by Crippen LogP contribution is -1.90. The molecule has 0 aliphatic rings. The first-order valence-corrected chi connectivity index (χ1v) is 6.08. The van der Waals surface area contributed by atoms with E-state index in [9.17, 15) is 5.11 Å². The number of phenolic OH excluding ortho intramolecular Hbond substituents is 2. The predicted molar refractivity (Wildman–Crippen MR) is 77.5 cm³/mol. The monoisotopic (exact) mass is 296 g/mol. The summed E-state index contributed by atoms with van der Waals surface area (Å²) < 4.78 is 0. The van der Waals surface area contributed by atoms with Gasteiger partial charge in [-0.3, -0.25) is 5.43 Å². The highest BCUT2D eigenvalue weighted by Crippen LogP contribution is 2.25. The van der Waals surface area contributed by atoms with Crippen molar-refractivity contribution in [3.05, 3.63) is 52.0 Å². The third kappa shape index (κ3) is 3.53. The van der Waals surface area contributed by atoms with E-state index in [-0.39, 0.29) is 11.5 Å². The Bertz CT molecular complexity index is 630. The molecule has 0 radical (unpaired) electrons. The van der Waals surface area contributed by atoms with Crippen LogP contribution in [0.1, 0.15) is 5.56 Å². The van der Waals surface area contributed by atoms with Crippen molar-refractivity contribution in [1.29, 1.82) is 0 Å². The standard InChI is InChI=1S/C13H10Cl2N2O2/c14-10-3-2-9(6-11(10)15)17-16-7-8-1-4-12(18)13(19)5-8/h1-7,17-19H/b16-7-. The highest BCUT2D eigenvalue weighted by Gasteiger charge is 1.99. The lowest BCUT2D eigenvalue weighted by Gasteiger charge is -2.02. The molecule has 0 aliphatic carbocycles. The first-order chi connectivity index (χ1) is 9.06. The number of halogens is 2. The zero-order valence-corrected chi connectivity index (χ0v) is 11.2. The van der Waals surface area contributed by atoms with Crippen LogP contribution in [0.4, 0.5) is 5.69 Å². The van der Waals surface area contributed by atoms with Crippen LogP contribution in [0.25, 0.3) is 0 Å². The number of hydrogen-bond acceptors (Lipinski definition) is 4. The summed E-state index contributed by atoms with van der Waals surface area (Å²) in [6, 6.07) is 9.45. The largest absolute Gasteiger partial charge is 0.504 e. The molecule has 0 saturated carbocycles. The first kappa shape index (κ1) is 13.5. The molecule has 3 N–H and O–H groups in total. The molecule has 2 aromatic rings. The van der Waals surface area contributed by atoms with E-state index < -0.39 is 0 Å². The summed E-state index contributed by atoms with van der Waals surface area (Å²) in [6.45, 7) is 0. The molecule has 98 valence electrons. The number of hydrazone groups is 1. The molecule has 0 spiro atoms. The van der Waals surface area contributed by atoms with Gasteiger partial charge in [0.1, 0.15) is 0 Å². The lowest BCUT2D eigenvalue weighted by molar-refractivity contribution is 0.403. The van der Waals surface area contributed by atoms with Crippen molar-refractivity contribution in [3.63, 3.8) is 0 Å². The average molecular weight is 297 g/mol. The number of phenols is 2. The SMILES string of the molecule is Oc1ccc(/C=N\Nc2ccc(Cl)c(Cl)c2)cc1O. The van der Waals surface area contributed by atoms with Gasteiger partial charge >= 0.3 is 0 Å². The fourth-order valence-corrected chi connectivity index (χ4v) is 1.67. The summed E-state index contributed by atoms with van der Waals surface area (Å²) in [4.78, 5) is 0. The summed E-state index contributed by atoms with van der Waals surface area (Å²) in [5.74, 6) is -0.368. The second-order valence-electron chi connectivity index (χ2n) is 3.75. The molecule has 0 fully saturated rings. The Kier molecular flexibility index (Phi) is 4.14. The van der Waals surface area contributed by atoms with Gasteiger partial charge < -0.3 is 10.2 Å². The lowest BCUT2D eigenvalue weighted by atomic mass is 10.2. The minimum atomic E-state index is -0.196. The number of hydrogen-bond donors (Lipinski definition) is 3. The fourth-order valence-electron chi connectivity index (χ4n) is 1.37. The Labute approximate surface area is 119 Å². The van der Waals surface area contributed by atoms with Gasteiger partial charge in [-0.15, -0.1) is 0 Å². The Morgan fingerprint density at radius 3 is 2.42 bits per heavy atom. The van der Waals surface area contributed by atoms with E-state index in [0.29, 0.717) is 21.3 Å². The van der Waals surface area contributed by atoms with Gasteiger partial charge in [-0.1, -0.05) is 23.2 Å². The molecule has 0 saturated heterocycles. The molecule has 0 aromatic heterocycles. The van der Waals surface area contributed by atoms with Gasteiger partial charge in [-0.2, -0.15) is 5.10 Å². The van der Waals surface area contributed by atoms with Gasteiger partial charge in [0.2, 0.25) is 0 Å². The minimum Gasteiger partial charge on any atom is -0.504 e. The highest BCUT2D eigenvalue weighted by atomic mass is 35.5. The van der Waals surface area contributed by atoms with Crippen LogP contribution in [-0.4, -0.2) is 16.4 Å². The molecular formula is C13H10Cl2N2O2. The number of anilines is 1. The minimum absolute atomic E-state index is 0.172. The fraction of sp³-hybridized carbons (Fsp3) is 0. The van der Waals surface area contributed by atoms with Crippen molar-refractivity contribution >= 4 is 35.1 Å². The zero-order valence-electron chi connectivity index (χ0n) is 9.64. The van der Waals surface area contributed by atoms with Gasteiger partial charge in [0.15, 0.2) is 11.5 Å². The molecule has 2 rings (SSSR count). The van der Waals surface area contributed by atoms with Crippen molar-refractivity contribution in [3.8, 4) is 11.5 Å². The Morgan fingerprint density at radius 2 is 1.74 bits per heavy atom. The van der Waals surface area contributed by atoms with Crippen LogP contribution in [-0.2, 0) is 0 Å². The molecule has 0 atom stereocenters. The summed E-state index contributed by atoms with van der Waals surface area (Å²) in [7, 11) is 0. The predicted octanol–water partition coefficient (Wildman–Crippen LogP) is 3.85. The molecule has 0 bridgehead atoms. The van der Waals surface area contributed by atoms with Crippen LogP contribution in [0.5, 0.6) is 11.5 Å². The zero-order chi connectivity index (χ0) is 13.8. The van der Waals surface area contributed by atoms with Crippen LogP contribution in [0.3, 0.4) is 0 Å². The van der Waals surface area contributed by atoms with Crippen molar-refractivity contribution in [2.75, 3.05) is 5.43 Å². The maximum atomic E-state index is 9.32. The van der Waals surface area contributed by atoms with E-state index in [4.69, 9.17) is 28.3 Å². The maximum absolute atomic E-state index is 9.32. The van der Waals surface area contributed by atoms with Crippen molar-refractivity contribution in [2.45, 2.75) is 0 Å². The number of rotatable bonds is 3. The van der Waals surface area contributed by atoms with Crippen LogP contribution < -0.4 is 5.43 Å². The van der Waals surface area contributed by atoms with Crippen molar-refractivity contribution in [2.24, 2.45) is 5.10 Å². The van der Waals surface area contributed by atoms with E-state index in [1.54, 1.807) is 24.3 Å². The Hall–Kier alpha value is -1.91. The summed E-state index contributed by atoms with van der Waals surface area (Å²) >= 11 is 11.7. The number of aromatic hydroxyl groups is 2. The molecule has 2 aromatic carbocycles. The normalized spacial score (nSPS) is 10.8. The maximum Gasteiger partial charge on any atom is 0.158 e. The van der Waals surface area contributed by atoms with Gasteiger partial charge in [0, 0.05) is 0 Å². The van der Waals surface area contributed by atoms with E-state index in [1.807, 2.05) is 0 Å².